The first-order valence-electron chi connectivity index (χ1n) is 12.0. The van der Waals surface area contributed by atoms with E-state index in [-0.39, 0.29) is 23.7 Å². The topological polar surface area (TPSA) is 102 Å². The minimum Gasteiger partial charge on any atom is -0.362 e. The minimum absolute atomic E-state index is 0.0883. The number of Topliss-reactive ketones (excluding diaryl/α,β-unsaturated/α-hetero) is 1. The van der Waals surface area contributed by atoms with Crippen LogP contribution >= 0.6 is 11.3 Å². The molecular formula is C27H30N6O2S. The number of amides is 1. The first kappa shape index (κ1) is 24.1. The molecule has 36 heavy (non-hydrogen) atoms. The Morgan fingerprint density at radius 3 is 2.64 bits per heavy atom. The second kappa shape index (κ2) is 9.13. The fourth-order valence-corrected chi connectivity index (χ4v) is 5.98. The molecule has 1 unspecified atom stereocenters. The second-order valence-electron chi connectivity index (χ2n) is 10.4. The Labute approximate surface area is 214 Å². The number of rotatable bonds is 5. The van der Waals surface area contributed by atoms with Crippen LogP contribution in [-0.4, -0.2) is 31.7 Å². The summed E-state index contributed by atoms with van der Waals surface area (Å²) < 4.78 is 1.69. The molecule has 2 aromatic heterocycles. The van der Waals surface area contributed by atoms with Crippen molar-refractivity contribution in [1.82, 2.24) is 30.6 Å². The summed E-state index contributed by atoms with van der Waals surface area (Å²) in [7, 11) is 0. The van der Waals surface area contributed by atoms with E-state index in [1.54, 1.807) is 10.2 Å². The Kier molecular flexibility index (Phi) is 6.12. The molecule has 5 rings (SSSR count). The van der Waals surface area contributed by atoms with Gasteiger partial charge in [0.05, 0.1) is 35.6 Å². The monoisotopic (exact) mass is 502 g/mol. The SMILES string of the molecule is CC1=C(C(=O)NCc2cn(-c3ccc(C)cc3)nn2)C(c2scnc2C)C2=C(CC(C)(C)CC2=O)N1. The molecule has 1 atom stereocenters. The number of carbonyl (C=O) groups is 2. The number of carbonyl (C=O) groups excluding carboxylic acids is 2. The van der Waals surface area contributed by atoms with E-state index in [1.807, 2.05) is 51.2 Å². The van der Waals surface area contributed by atoms with Crippen LogP contribution in [0.5, 0.6) is 0 Å². The van der Waals surface area contributed by atoms with Gasteiger partial charge in [-0.05, 0) is 44.7 Å². The largest absolute Gasteiger partial charge is 0.362 e. The lowest BCUT2D eigenvalue weighted by atomic mass is 9.69. The van der Waals surface area contributed by atoms with Gasteiger partial charge in [-0.25, -0.2) is 9.67 Å². The second-order valence-corrected chi connectivity index (χ2v) is 11.3. The first-order chi connectivity index (χ1) is 17.1. The van der Waals surface area contributed by atoms with Crippen molar-refractivity contribution in [2.24, 2.45) is 5.41 Å². The van der Waals surface area contributed by atoms with Crippen LogP contribution in [0.2, 0.25) is 0 Å². The van der Waals surface area contributed by atoms with Gasteiger partial charge in [0.15, 0.2) is 5.78 Å². The van der Waals surface area contributed by atoms with Crippen LogP contribution in [0.3, 0.4) is 0 Å². The van der Waals surface area contributed by atoms with E-state index in [0.29, 0.717) is 23.3 Å². The van der Waals surface area contributed by atoms with Gasteiger partial charge in [-0.15, -0.1) is 16.4 Å². The molecule has 1 aliphatic carbocycles. The van der Waals surface area contributed by atoms with E-state index >= 15 is 0 Å². The highest BCUT2D eigenvalue weighted by Crippen LogP contribution is 2.47. The predicted octanol–water partition coefficient (Wildman–Crippen LogP) is 4.26. The van der Waals surface area contributed by atoms with Crippen molar-refractivity contribution in [3.63, 3.8) is 0 Å². The maximum absolute atomic E-state index is 13.6. The van der Waals surface area contributed by atoms with Crippen LogP contribution in [-0.2, 0) is 16.1 Å². The highest BCUT2D eigenvalue weighted by Gasteiger charge is 2.43. The number of hydrogen-bond acceptors (Lipinski definition) is 7. The molecular weight excluding hydrogens is 472 g/mol. The van der Waals surface area contributed by atoms with E-state index < -0.39 is 5.92 Å². The Morgan fingerprint density at radius 2 is 1.94 bits per heavy atom. The number of thiazole rings is 1. The first-order valence-corrected chi connectivity index (χ1v) is 12.9. The van der Waals surface area contributed by atoms with E-state index in [9.17, 15) is 9.59 Å². The third-order valence-corrected chi connectivity index (χ3v) is 7.79. The molecule has 3 aromatic rings. The van der Waals surface area contributed by atoms with Crippen molar-refractivity contribution in [2.75, 3.05) is 0 Å². The number of aromatic nitrogens is 4. The summed E-state index contributed by atoms with van der Waals surface area (Å²) in [5, 5.41) is 14.8. The number of nitrogens with zero attached hydrogens (tertiary/aromatic N) is 4. The molecule has 186 valence electrons. The molecule has 2 aliphatic rings. The molecule has 0 spiro atoms. The van der Waals surface area contributed by atoms with E-state index in [0.717, 1.165) is 34.1 Å². The third-order valence-electron chi connectivity index (χ3n) is 6.80. The third kappa shape index (κ3) is 4.51. The molecule has 1 aromatic carbocycles. The lowest BCUT2D eigenvalue weighted by molar-refractivity contribution is -0.118. The summed E-state index contributed by atoms with van der Waals surface area (Å²) in [4.78, 5) is 32.4. The van der Waals surface area contributed by atoms with Gasteiger partial charge in [0.2, 0.25) is 5.91 Å². The fourth-order valence-electron chi connectivity index (χ4n) is 5.06. The van der Waals surface area contributed by atoms with E-state index in [1.165, 1.54) is 16.9 Å². The molecule has 0 saturated heterocycles. The molecule has 2 N–H and O–H groups in total. The zero-order valence-corrected chi connectivity index (χ0v) is 22.0. The molecule has 1 amide bonds. The van der Waals surface area contributed by atoms with Crippen molar-refractivity contribution in [1.29, 1.82) is 0 Å². The maximum atomic E-state index is 13.6. The molecule has 0 fully saturated rings. The van der Waals surface area contributed by atoms with E-state index in [2.05, 4.69) is 39.8 Å². The summed E-state index contributed by atoms with van der Waals surface area (Å²) in [6, 6.07) is 7.98. The molecule has 0 bridgehead atoms. The van der Waals surface area contributed by atoms with Gasteiger partial charge < -0.3 is 10.6 Å². The summed E-state index contributed by atoms with van der Waals surface area (Å²) in [6.07, 6.45) is 3.03. The van der Waals surface area contributed by atoms with Gasteiger partial charge in [0.25, 0.3) is 0 Å². The minimum atomic E-state index is -0.430. The average Bonchev–Trinajstić information content (AvgIpc) is 3.45. The smallest absolute Gasteiger partial charge is 0.250 e. The van der Waals surface area contributed by atoms with Gasteiger partial charge in [-0.3, -0.25) is 9.59 Å². The van der Waals surface area contributed by atoms with Crippen LogP contribution in [0.1, 0.15) is 61.4 Å². The Bertz CT molecular complexity index is 1410. The average molecular weight is 503 g/mol. The Hall–Kier alpha value is -3.59. The molecule has 9 heteroatoms. The van der Waals surface area contributed by atoms with Crippen LogP contribution in [0, 0.1) is 19.3 Å². The van der Waals surface area contributed by atoms with Gasteiger partial charge in [-0.1, -0.05) is 36.8 Å². The van der Waals surface area contributed by atoms with Gasteiger partial charge in [-0.2, -0.15) is 0 Å². The highest BCUT2D eigenvalue weighted by atomic mass is 32.1. The highest BCUT2D eigenvalue weighted by molar-refractivity contribution is 7.10. The molecule has 0 saturated carbocycles. The number of dihydropyridines is 1. The van der Waals surface area contributed by atoms with Crippen LogP contribution < -0.4 is 10.6 Å². The molecule has 8 nitrogen and oxygen atoms in total. The number of benzene rings is 1. The van der Waals surface area contributed by atoms with Crippen LogP contribution in [0.15, 0.2) is 58.5 Å². The van der Waals surface area contributed by atoms with Gasteiger partial charge in [0.1, 0.15) is 5.69 Å². The number of ketones is 1. The van der Waals surface area contributed by atoms with Crippen molar-refractivity contribution in [2.45, 2.75) is 59.9 Å². The normalized spacial score (nSPS) is 19.2. The van der Waals surface area contributed by atoms with Crippen molar-refractivity contribution >= 4 is 23.0 Å². The van der Waals surface area contributed by atoms with Gasteiger partial charge in [0, 0.05) is 33.8 Å². The summed E-state index contributed by atoms with van der Waals surface area (Å²) in [6.45, 7) is 10.3. The standard InChI is InChI=1S/C27H30N6O2S/c1-15-6-8-19(9-7-15)33-13-18(31-32-33)12-28-26(35)22-16(2)30-20-10-27(4,5)11-21(34)23(20)24(22)25-17(3)29-14-36-25/h6-9,13-14,24,30H,10-12H2,1-5H3,(H,28,35). The lowest BCUT2D eigenvalue weighted by Crippen LogP contribution is -2.40. The Balaban J connectivity index is 1.42. The van der Waals surface area contributed by atoms with Crippen molar-refractivity contribution in [3.8, 4) is 5.69 Å². The quantitative estimate of drug-likeness (QED) is 0.541. The van der Waals surface area contributed by atoms with Gasteiger partial charge >= 0.3 is 0 Å². The zero-order chi connectivity index (χ0) is 25.6. The van der Waals surface area contributed by atoms with Crippen molar-refractivity contribution in [3.05, 3.63) is 80.3 Å². The predicted molar refractivity (Wildman–Crippen MR) is 138 cm³/mol. The molecule has 1 aliphatic heterocycles. The fraction of sp³-hybridized carbons (Fsp3) is 0.370. The maximum Gasteiger partial charge on any atom is 0.250 e. The number of allylic oxidation sites excluding steroid dienone is 3. The van der Waals surface area contributed by atoms with Crippen molar-refractivity contribution < 1.29 is 9.59 Å². The number of hydrogen-bond donors (Lipinski definition) is 2. The summed E-state index contributed by atoms with van der Waals surface area (Å²) >= 11 is 1.49. The molecule has 0 radical (unpaired) electrons. The lowest BCUT2D eigenvalue weighted by Gasteiger charge is -2.39. The van der Waals surface area contributed by atoms with Crippen LogP contribution in [0.25, 0.3) is 5.69 Å². The summed E-state index contributed by atoms with van der Waals surface area (Å²) in [5.74, 6) is -0.571. The number of aryl methyl sites for hydroxylation is 2. The van der Waals surface area contributed by atoms with Crippen LogP contribution in [0.4, 0.5) is 0 Å². The Morgan fingerprint density at radius 1 is 1.19 bits per heavy atom. The van der Waals surface area contributed by atoms with E-state index in [4.69, 9.17) is 0 Å². The summed E-state index contributed by atoms with van der Waals surface area (Å²) in [5.41, 5.74) is 8.14. The molecule has 3 heterocycles. The zero-order valence-electron chi connectivity index (χ0n) is 21.2. The number of nitrogens with one attached hydrogen (secondary N) is 2.